The van der Waals surface area contributed by atoms with Gasteiger partial charge in [0, 0.05) is 11.5 Å². The van der Waals surface area contributed by atoms with Gasteiger partial charge < -0.3 is 4.74 Å². The first-order valence-corrected chi connectivity index (χ1v) is 6.75. The first-order chi connectivity index (χ1) is 8.45. The highest BCUT2D eigenvalue weighted by atomic mass is 32.1. The van der Waals surface area contributed by atoms with Gasteiger partial charge in [-0.2, -0.15) is 4.99 Å². The topological polar surface area (TPSA) is 34.5 Å². The Hall–Kier alpha value is -1.29. The van der Waals surface area contributed by atoms with E-state index in [4.69, 9.17) is 4.74 Å². The normalized spacial score (nSPS) is 11.3. The number of fused-ring (bicyclic) bond motifs is 1. The van der Waals surface area contributed by atoms with Crippen molar-refractivity contribution in [3.63, 3.8) is 0 Å². The largest absolute Gasteiger partial charge is 0.494 e. The van der Waals surface area contributed by atoms with Crippen molar-refractivity contribution >= 4 is 44.6 Å². The van der Waals surface area contributed by atoms with E-state index in [1.165, 1.54) is 0 Å². The molecular formula is C13H14N2OS2. The number of thiazole rings is 1. The second kappa shape index (κ2) is 4.76. The Morgan fingerprint density at radius 1 is 1.39 bits per heavy atom. The lowest BCUT2D eigenvalue weighted by Gasteiger charge is -2.13. The number of nitrogens with zero attached hydrogens (tertiary/aromatic N) is 2. The number of isothiocyanates is 1. The molecule has 0 radical (unpaired) electrons. The molecule has 0 amide bonds. The molecule has 2 rings (SSSR count). The van der Waals surface area contributed by atoms with Crippen LogP contribution in [0.1, 0.15) is 25.8 Å². The number of hydrogen-bond acceptors (Lipinski definition) is 5. The molecule has 0 spiro atoms. The summed E-state index contributed by atoms with van der Waals surface area (Å²) >= 11 is 6.32. The lowest BCUT2D eigenvalue weighted by molar-refractivity contribution is 0.417. The monoisotopic (exact) mass is 278 g/mol. The Labute approximate surface area is 116 Å². The lowest BCUT2D eigenvalue weighted by atomic mass is 9.98. The van der Waals surface area contributed by atoms with Crippen molar-refractivity contribution in [2.75, 3.05) is 7.11 Å². The van der Waals surface area contributed by atoms with E-state index in [1.54, 1.807) is 18.4 Å². The fraction of sp³-hybridized carbons (Fsp3) is 0.385. The molecule has 0 atom stereocenters. The zero-order chi connectivity index (χ0) is 13.3. The minimum Gasteiger partial charge on any atom is -0.494 e. The molecule has 5 heteroatoms. The molecule has 2 aromatic rings. The summed E-state index contributed by atoms with van der Waals surface area (Å²) in [4.78, 5) is 8.66. The number of ether oxygens (including phenoxy) is 1. The maximum atomic E-state index is 5.29. The molecule has 94 valence electrons. The highest BCUT2D eigenvalue weighted by Crippen LogP contribution is 2.37. The van der Waals surface area contributed by atoms with E-state index in [1.807, 2.05) is 12.1 Å². The smallest absolute Gasteiger partial charge is 0.147 e. The van der Waals surface area contributed by atoms with Crippen molar-refractivity contribution in [3.8, 4) is 5.75 Å². The molecule has 1 aromatic carbocycles. The molecule has 0 bridgehead atoms. The van der Waals surface area contributed by atoms with Crippen LogP contribution in [0.25, 0.3) is 10.2 Å². The molecule has 0 N–H and O–H groups in total. The van der Waals surface area contributed by atoms with Crippen LogP contribution in [0.4, 0.5) is 5.69 Å². The maximum Gasteiger partial charge on any atom is 0.147 e. The highest BCUT2D eigenvalue weighted by molar-refractivity contribution is 7.78. The van der Waals surface area contributed by atoms with Crippen LogP contribution in [-0.4, -0.2) is 17.3 Å². The van der Waals surface area contributed by atoms with Gasteiger partial charge in [0.15, 0.2) is 0 Å². The molecule has 0 saturated carbocycles. The molecule has 0 aliphatic heterocycles. The molecule has 3 nitrogen and oxygen atoms in total. The van der Waals surface area contributed by atoms with Crippen molar-refractivity contribution in [1.29, 1.82) is 0 Å². The molecular weight excluding hydrogens is 264 g/mol. The third kappa shape index (κ3) is 2.43. The van der Waals surface area contributed by atoms with Gasteiger partial charge >= 0.3 is 0 Å². The fourth-order valence-corrected chi connectivity index (χ4v) is 2.70. The molecule has 18 heavy (non-hydrogen) atoms. The molecule has 0 unspecified atom stereocenters. The lowest BCUT2D eigenvalue weighted by Crippen LogP contribution is -2.09. The van der Waals surface area contributed by atoms with Crippen LogP contribution >= 0.6 is 23.6 Å². The third-order valence-corrected chi connectivity index (χ3v) is 4.03. The van der Waals surface area contributed by atoms with Crippen LogP contribution in [-0.2, 0) is 5.41 Å². The van der Waals surface area contributed by atoms with Crippen molar-refractivity contribution in [3.05, 3.63) is 17.1 Å². The number of thiocarbonyl (C=S) groups is 1. The summed E-state index contributed by atoms with van der Waals surface area (Å²) < 4.78 is 6.37. The molecule has 1 aromatic heterocycles. The Bertz CT molecular complexity index is 634. The van der Waals surface area contributed by atoms with Gasteiger partial charge in [-0.3, -0.25) is 0 Å². The van der Waals surface area contributed by atoms with Gasteiger partial charge in [0.1, 0.15) is 11.4 Å². The molecule has 0 aliphatic carbocycles. The van der Waals surface area contributed by atoms with Crippen LogP contribution in [0.3, 0.4) is 0 Å². The number of rotatable bonds is 2. The van der Waals surface area contributed by atoms with E-state index < -0.39 is 0 Å². The predicted molar refractivity (Wildman–Crippen MR) is 79.6 cm³/mol. The van der Waals surface area contributed by atoms with E-state index in [-0.39, 0.29) is 5.41 Å². The van der Waals surface area contributed by atoms with Gasteiger partial charge in [-0.15, -0.1) is 11.3 Å². The average molecular weight is 278 g/mol. The van der Waals surface area contributed by atoms with Gasteiger partial charge in [0.25, 0.3) is 0 Å². The van der Waals surface area contributed by atoms with Gasteiger partial charge in [-0.25, -0.2) is 4.98 Å². The number of hydrogen-bond donors (Lipinski definition) is 0. The fourth-order valence-electron chi connectivity index (χ4n) is 1.56. The Kier molecular flexibility index (Phi) is 3.48. The second-order valence-corrected chi connectivity index (χ2v) is 6.18. The third-order valence-electron chi connectivity index (χ3n) is 2.50. The van der Waals surface area contributed by atoms with Gasteiger partial charge in [0.05, 0.1) is 27.5 Å². The van der Waals surface area contributed by atoms with Crippen molar-refractivity contribution < 1.29 is 4.74 Å². The van der Waals surface area contributed by atoms with Crippen molar-refractivity contribution in [2.24, 2.45) is 4.99 Å². The number of benzene rings is 1. The van der Waals surface area contributed by atoms with Gasteiger partial charge in [0.2, 0.25) is 0 Å². The van der Waals surface area contributed by atoms with E-state index in [2.05, 4.69) is 48.1 Å². The maximum absolute atomic E-state index is 5.29. The average Bonchev–Trinajstić information content (AvgIpc) is 2.70. The van der Waals surface area contributed by atoms with Crippen molar-refractivity contribution in [2.45, 2.75) is 26.2 Å². The van der Waals surface area contributed by atoms with Crippen LogP contribution < -0.4 is 4.74 Å². The van der Waals surface area contributed by atoms with E-state index in [0.717, 1.165) is 15.2 Å². The predicted octanol–water partition coefficient (Wildman–Crippen LogP) is 4.34. The summed E-state index contributed by atoms with van der Waals surface area (Å²) in [5, 5.41) is 3.47. The number of aromatic nitrogens is 1. The summed E-state index contributed by atoms with van der Waals surface area (Å²) in [6.07, 6.45) is 0. The van der Waals surface area contributed by atoms with E-state index >= 15 is 0 Å². The Morgan fingerprint density at radius 3 is 2.67 bits per heavy atom. The standard InChI is InChI=1S/C13H14N2OS2/c1-13(2,3)12-15-9-5-10(16-4)8(14-7-17)6-11(9)18-12/h5-6H,1-4H3. The molecule has 1 heterocycles. The quantitative estimate of drug-likeness (QED) is 0.605. The van der Waals surface area contributed by atoms with Crippen LogP contribution in [0.5, 0.6) is 5.75 Å². The van der Waals surface area contributed by atoms with Crippen LogP contribution in [0, 0.1) is 0 Å². The van der Waals surface area contributed by atoms with Crippen LogP contribution in [0.15, 0.2) is 17.1 Å². The highest BCUT2D eigenvalue weighted by Gasteiger charge is 2.19. The zero-order valence-corrected chi connectivity index (χ0v) is 12.4. The zero-order valence-electron chi connectivity index (χ0n) is 10.8. The van der Waals surface area contributed by atoms with Crippen LogP contribution in [0.2, 0.25) is 0 Å². The summed E-state index contributed by atoms with van der Waals surface area (Å²) in [7, 11) is 1.61. The minimum absolute atomic E-state index is 0.0461. The SMILES string of the molecule is COc1cc2nc(C(C)(C)C)sc2cc1N=C=S. The summed E-state index contributed by atoms with van der Waals surface area (Å²) in [5.41, 5.74) is 1.68. The molecule has 0 fully saturated rings. The summed E-state index contributed by atoms with van der Waals surface area (Å²) in [5.74, 6) is 0.672. The number of aliphatic imine (C=N–C) groups is 1. The number of methoxy groups -OCH3 is 1. The molecule has 0 saturated heterocycles. The van der Waals surface area contributed by atoms with E-state index in [9.17, 15) is 0 Å². The first-order valence-electron chi connectivity index (χ1n) is 5.52. The Morgan fingerprint density at radius 2 is 2.11 bits per heavy atom. The van der Waals surface area contributed by atoms with E-state index in [0.29, 0.717) is 11.4 Å². The van der Waals surface area contributed by atoms with Gasteiger partial charge in [-0.05, 0) is 18.3 Å². The first kappa shape index (κ1) is 13.1. The minimum atomic E-state index is 0.0461. The summed E-state index contributed by atoms with van der Waals surface area (Å²) in [6.45, 7) is 6.45. The molecule has 0 aliphatic rings. The van der Waals surface area contributed by atoms with Gasteiger partial charge in [-0.1, -0.05) is 20.8 Å². The summed E-state index contributed by atoms with van der Waals surface area (Å²) in [6, 6.07) is 3.84. The second-order valence-electron chi connectivity index (χ2n) is 4.96. The van der Waals surface area contributed by atoms with Crippen molar-refractivity contribution in [1.82, 2.24) is 4.98 Å². The Balaban J connectivity index is 2.67.